The molecule has 3 N–H and O–H groups in total. The van der Waals surface area contributed by atoms with Crippen LogP contribution in [0.25, 0.3) is 0 Å². The molecule has 0 aromatic heterocycles. The van der Waals surface area contributed by atoms with Crippen molar-refractivity contribution in [3.05, 3.63) is 60.2 Å². The number of rotatable bonds is 8. The summed E-state index contributed by atoms with van der Waals surface area (Å²) >= 11 is 0. The largest absolute Gasteiger partial charge is 0.491 e. The van der Waals surface area contributed by atoms with Gasteiger partial charge < -0.3 is 20.7 Å². The van der Waals surface area contributed by atoms with Gasteiger partial charge >= 0.3 is 6.03 Å². The Kier molecular flexibility index (Phi) is 7.67. The van der Waals surface area contributed by atoms with E-state index in [-0.39, 0.29) is 11.8 Å². The number of aryl methyl sites for hydroxylation is 1. The Labute approximate surface area is 160 Å². The Bertz CT molecular complexity index is 747. The zero-order chi connectivity index (χ0) is 19.6. The summed E-state index contributed by atoms with van der Waals surface area (Å²) in [7, 11) is 0. The first-order valence-corrected chi connectivity index (χ1v) is 9.06. The summed E-state index contributed by atoms with van der Waals surface area (Å²) in [6.45, 7) is 6.46. The summed E-state index contributed by atoms with van der Waals surface area (Å²) in [6, 6.07) is 15.8. The van der Waals surface area contributed by atoms with Gasteiger partial charge in [-0.25, -0.2) is 4.79 Å². The number of para-hydroxylation sites is 2. The Morgan fingerprint density at radius 1 is 1.00 bits per heavy atom. The molecule has 6 heteroatoms. The van der Waals surface area contributed by atoms with E-state index in [1.54, 1.807) is 12.1 Å². The molecule has 0 aliphatic heterocycles. The molecule has 0 heterocycles. The highest BCUT2D eigenvalue weighted by Crippen LogP contribution is 2.15. The van der Waals surface area contributed by atoms with Crippen LogP contribution in [0.2, 0.25) is 0 Å². The normalized spacial score (nSPS) is 11.6. The van der Waals surface area contributed by atoms with E-state index < -0.39 is 12.1 Å². The second-order valence-electron chi connectivity index (χ2n) is 6.59. The third-order valence-electron chi connectivity index (χ3n) is 4.02. The van der Waals surface area contributed by atoms with E-state index in [0.717, 1.165) is 11.3 Å². The van der Waals surface area contributed by atoms with E-state index in [4.69, 9.17) is 4.74 Å². The minimum Gasteiger partial charge on any atom is -0.491 e. The van der Waals surface area contributed by atoms with Crippen molar-refractivity contribution in [3.63, 3.8) is 0 Å². The molecule has 0 fully saturated rings. The van der Waals surface area contributed by atoms with Crippen LogP contribution in [-0.4, -0.2) is 31.1 Å². The van der Waals surface area contributed by atoms with Gasteiger partial charge in [-0.2, -0.15) is 0 Å². The molecule has 0 aliphatic rings. The van der Waals surface area contributed by atoms with E-state index >= 15 is 0 Å². The highest BCUT2D eigenvalue weighted by Gasteiger charge is 2.23. The molecule has 0 radical (unpaired) electrons. The number of benzene rings is 2. The fraction of sp³-hybridized carbons (Fsp3) is 0.333. The lowest BCUT2D eigenvalue weighted by Gasteiger charge is -2.22. The van der Waals surface area contributed by atoms with Crippen molar-refractivity contribution in [2.45, 2.75) is 26.8 Å². The van der Waals surface area contributed by atoms with Crippen molar-refractivity contribution in [1.82, 2.24) is 10.6 Å². The Morgan fingerprint density at radius 3 is 2.33 bits per heavy atom. The number of carbonyl (C=O) groups excluding carboxylic acids is 2. The summed E-state index contributed by atoms with van der Waals surface area (Å²) in [6.07, 6.45) is 0. The summed E-state index contributed by atoms with van der Waals surface area (Å²) in [5.74, 6) is 0.512. The third kappa shape index (κ3) is 6.66. The van der Waals surface area contributed by atoms with Gasteiger partial charge in [-0.15, -0.1) is 0 Å². The monoisotopic (exact) mass is 369 g/mol. The SMILES string of the molecule is Cc1ccccc1OCCNC(=O)C(NC(=O)Nc1ccccc1)C(C)C. The van der Waals surface area contributed by atoms with Gasteiger partial charge in [0.2, 0.25) is 5.91 Å². The molecule has 0 saturated carbocycles. The maximum absolute atomic E-state index is 12.4. The zero-order valence-corrected chi connectivity index (χ0v) is 16.0. The highest BCUT2D eigenvalue weighted by atomic mass is 16.5. The molecule has 2 rings (SSSR count). The predicted octanol–water partition coefficient (Wildman–Crippen LogP) is 3.34. The molecule has 2 aromatic carbocycles. The molecule has 1 unspecified atom stereocenters. The zero-order valence-electron chi connectivity index (χ0n) is 16.0. The summed E-state index contributed by atoms with van der Waals surface area (Å²) < 4.78 is 5.67. The Hall–Kier alpha value is -3.02. The van der Waals surface area contributed by atoms with E-state index in [1.165, 1.54) is 0 Å². The molecule has 0 saturated heterocycles. The quantitative estimate of drug-likeness (QED) is 0.625. The van der Waals surface area contributed by atoms with Crippen LogP contribution >= 0.6 is 0 Å². The number of nitrogens with one attached hydrogen (secondary N) is 3. The second-order valence-corrected chi connectivity index (χ2v) is 6.59. The molecule has 144 valence electrons. The van der Waals surface area contributed by atoms with Crippen molar-refractivity contribution in [1.29, 1.82) is 0 Å². The fourth-order valence-electron chi connectivity index (χ4n) is 2.53. The van der Waals surface area contributed by atoms with E-state index in [2.05, 4.69) is 16.0 Å². The van der Waals surface area contributed by atoms with Crippen LogP contribution < -0.4 is 20.7 Å². The number of urea groups is 1. The van der Waals surface area contributed by atoms with Crippen molar-refractivity contribution >= 4 is 17.6 Å². The van der Waals surface area contributed by atoms with Gasteiger partial charge in [0.05, 0.1) is 6.54 Å². The lowest BCUT2D eigenvalue weighted by molar-refractivity contribution is -0.123. The molecule has 3 amide bonds. The van der Waals surface area contributed by atoms with Crippen molar-refractivity contribution in [2.24, 2.45) is 5.92 Å². The molecule has 2 aromatic rings. The van der Waals surface area contributed by atoms with Crippen LogP contribution in [0.4, 0.5) is 10.5 Å². The van der Waals surface area contributed by atoms with Crippen LogP contribution in [0, 0.1) is 12.8 Å². The third-order valence-corrected chi connectivity index (χ3v) is 4.02. The molecular formula is C21H27N3O3. The van der Waals surface area contributed by atoms with Gasteiger partial charge in [0, 0.05) is 5.69 Å². The molecule has 6 nitrogen and oxygen atoms in total. The van der Waals surface area contributed by atoms with Crippen LogP contribution in [0.1, 0.15) is 19.4 Å². The van der Waals surface area contributed by atoms with Gasteiger partial charge in [0.25, 0.3) is 0 Å². The molecule has 0 aliphatic carbocycles. The van der Waals surface area contributed by atoms with Gasteiger partial charge in [0.15, 0.2) is 0 Å². The lowest BCUT2D eigenvalue weighted by Crippen LogP contribution is -2.51. The number of ether oxygens (including phenoxy) is 1. The first-order valence-electron chi connectivity index (χ1n) is 9.06. The van der Waals surface area contributed by atoms with Gasteiger partial charge in [-0.3, -0.25) is 4.79 Å². The number of hydrogen-bond acceptors (Lipinski definition) is 3. The smallest absolute Gasteiger partial charge is 0.319 e. The molecule has 0 bridgehead atoms. The lowest BCUT2D eigenvalue weighted by atomic mass is 10.0. The predicted molar refractivity (Wildman–Crippen MR) is 107 cm³/mol. The summed E-state index contributed by atoms with van der Waals surface area (Å²) in [4.78, 5) is 24.6. The summed E-state index contributed by atoms with van der Waals surface area (Å²) in [5, 5.41) is 8.27. The Balaban J connectivity index is 1.80. The minimum absolute atomic E-state index is 0.0520. The van der Waals surface area contributed by atoms with Crippen molar-refractivity contribution < 1.29 is 14.3 Å². The topological polar surface area (TPSA) is 79.5 Å². The second kappa shape index (κ2) is 10.2. The number of amides is 3. The van der Waals surface area contributed by atoms with Crippen LogP contribution in [0.3, 0.4) is 0 Å². The van der Waals surface area contributed by atoms with E-state index in [1.807, 2.05) is 63.2 Å². The fourth-order valence-corrected chi connectivity index (χ4v) is 2.53. The highest BCUT2D eigenvalue weighted by molar-refractivity contribution is 5.93. The van der Waals surface area contributed by atoms with Gasteiger partial charge in [-0.05, 0) is 36.6 Å². The van der Waals surface area contributed by atoms with Gasteiger partial charge in [-0.1, -0.05) is 50.2 Å². The average molecular weight is 369 g/mol. The molecular weight excluding hydrogens is 342 g/mol. The van der Waals surface area contributed by atoms with Crippen LogP contribution in [0.5, 0.6) is 5.75 Å². The van der Waals surface area contributed by atoms with Gasteiger partial charge in [0.1, 0.15) is 18.4 Å². The Morgan fingerprint density at radius 2 is 1.67 bits per heavy atom. The molecule has 27 heavy (non-hydrogen) atoms. The molecule has 0 spiro atoms. The van der Waals surface area contributed by atoms with E-state index in [9.17, 15) is 9.59 Å². The average Bonchev–Trinajstić information content (AvgIpc) is 2.65. The number of hydrogen-bond donors (Lipinski definition) is 3. The minimum atomic E-state index is -0.632. The molecule has 1 atom stereocenters. The first-order chi connectivity index (χ1) is 13.0. The van der Waals surface area contributed by atoms with E-state index in [0.29, 0.717) is 18.8 Å². The van der Waals surface area contributed by atoms with Crippen LogP contribution in [0.15, 0.2) is 54.6 Å². The number of anilines is 1. The van der Waals surface area contributed by atoms with Crippen LogP contribution in [-0.2, 0) is 4.79 Å². The maximum Gasteiger partial charge on any atom is 0.319 e. The van der Waals surface area contributed by atoms with Crippen molar-refractivity contribution in [2.75, 3.05) is 18.5 Å². The number of carbonyl (C=O) groups is 2. The maximum atomic E-state index is 12.4. The first kappa shape index (κ1) is 20.3. The summed E-state index contributed by atoms with van der Waals surface area (Å²) in [5.41, 5.74) is 1.72. The standard InChI is InChI=1S/C21H27N3O3/c1-15(2)19(24-21(26)23-17-10-5-4-6-11-17)20(25)22-13-14-27-18-12-8-7-9-16(18)3/h4-12,15,19H,13-14H2,1-3H3,(H,22,25)(H2,23,24,26). The van der Waals surface area contributed by atoms with Crippen molar-refractivity contribution in [3.8, 4) is 5.75 Å².